The molecule has 9 nitrogen and oxygen atoms in total. The van der Waals surface area contributed by atoms with Crippen LogP contribution in [-0.2, 0) is 0 Å². The number of rotatable bonds is 4. The lowest BCUT2D eigenvalue weighted by Crippen LogP contribution is -2.28. The highest BCUT2D eigenvalue weighted by Crippen LogP contribution is 2.32. The summed E-state index contributed by atoms with van der Waals surface area (Å²) in [6.07, 6.45) is 6.66. The standard InChI is InChI=1S/C19H18N8O/c1-2-22-19(28)27-18-25-15-8-11(12-6-13(20)10-21-9-12)7-14(16(15)26-18)17-23-4-3-5-24-17/h3-10H,2,20H2,1H3,(H3,22,25,26,27,28). The van der Waals surface area contributed by atoms with E-state index in [1.165, 1.54) is 0 Å². The minimum absolute atomic E-state index is 0.334. The maximum atomic E-state index is 11.8. The summed E-state index contributed by atoms with van der Waals surface area (Å²) in [7, 11) is 0. The molecule has 0 aliphatic heterocycles. The molecule has 0 radical (unpaired) electrons. The van der Waals surface area contributed by atoms with E-state index in [0.717, 1.165) is 22.2 Å². The summed E-state index contributed by atoms with van der Waals surface area (Å²) in [6.45, 7) is 2.36. The van der Waals surface area contributed by atoms with Crippen LogP contribution < -0.4 is 16.4 Å². The molecule has 4 rings (SSSR count). The fourth-order valence-corrected chi connectivity index (χ4v) is 2.88. The number of nitrogen functional groups attached to an aromatic ring is 1. The number of pyridine rings is 1. The van der Waals surface area contributed by atoms with Crippen LogP contribution in [0.25, 0.3) is 33.5 Å². The smallest absolute Gasteiger partial charge is 0.321 e. The largest absolute Gasteiger partial charge is 0.397 e. The number of carbonyl (C=O) groups excluding carboxylic acids is 1. The Bertz CT molecular complexity index is 1140. The summed E-state index contributed by atoms with van der Waals surface area (Å²) in [5.41, 5.74) is 10.3. The van der Waals surface area contributed by atoms with Gasteiger partial charge in [-0.25, -0.2) is 19.7 Å². The zero-order chi connectivity index (χ0) is 19.5. The molecule has 0 unspecified atom stereocenters. The lowest BCUT2D eigenvalue weighted by Gasteiger charge is -2.06. The van der Waals surface area contributed by atoms with Gasteiger partial charge in [-0.05, 0) is 36.8 Å². The second-order valence-corrected chi connectivity index (χ2v) is 6.07. The van der Waals surface area contributed by atoms with E-state index in [4.69, 9.17) is 5.73 Å². The van der Waals surface area contributed by atoms with Crippen LogP contribution in [-0.4, -0.2) is 37.5 Å². The number of H-pyrrole nitrogens is 1. The molecule has 0 spiro atoms. The van der Waals surface area contributed by atoms with Crippen LogP contribution >= 0.6 is 0 Å². The maximum absolute atomic E-state index is 11.8. The first-order chi connectivity index (χ1) is 13.6. The highest BCUT2D eigenvalue weighted by Gasteiger charge is 2.15. The van der Waals surface area contributed by atoms with Crippen LogP contribution in [0.3, 0.4) is 0 Å². The molecule has 0 bridgehead atoms. The fourth-order valence-electron chi connectivity index (χ4n) is 2.88. The Hall–Kier alpha value is -4.01. The summed E-state index contributed by atoms with van der Waals surface area (Å²) in [5.74, 6) is 0.864. The molecule has 3 aromatic heterocycles. The Labute approximate surface area is 160 Å². The predicted octanol–water partition coefficient (Wildman–Crippen LogP) is 2.81. The van der Waals surface area contributed by atoms with Crippen molar-refractivity contribution >= 4 is 28.7 Å². The molecule has 0 aliphatic rings. The van der Waals surface area contributed by atoms with E-state index in [1.54, 1.807) is 30.9 Å². The van der Waals surface area contributed by atoms with Crippen molar-refractivity contribution in [1.29, 1.82) is 0 Å². The van der Waals surface area contributed by atoms with Crippen LogP contribution in [0.4, 0.5) is 16.4 Å². The van der Waals surface area contributed by atoms with Crippen LogP contribution in [0.5, 0.6) is 0 Å². The van der Waals surface area contributed by atoms with E-state index in [1.807, 2.05) is 25.1 Å². The van der Waals surface area contributed by atoms with Crippen molar-refractivity contribution < 1.29 is 4.79 Å². The summed E-state index contributed by atoms with van der Waals surface area (Å²) in [4.78, 5) is 32.3. The van der Waals surface area contributed by atoms with Crippen molar-refractivity contribution in [2.24, 2.45) is 0 Å². The molecule has 0 saturated heterocycles. The minimum atomic E-state index is -0.334. The first-order valence-electron chi connectivity index (χ1n) is 8.71. The Morgan fingerprint density at radius 1 is 1.14 bits per heavy atom. The van der Waals surface area contributed by atoms with E-state index in [9.17, 15) is 4.79 Å². The van der Waals surface area contributed by atoms with Gasteiger partial charge >= 0.3 is 6.03 Å². The van der Waals surface area contributed by atoms with Gasteiger partial charge in [0.05, 0.1) is 11.2 Å². The number of hydrogen-bond donors (Lipinski definition) is 4. The molecule has 140 valence electrons. The van der Waals surface area contributed by atoms with Gasteiger partial charge in [-0.3, -0.25) is 10.3 Å². The van der Waals surface area contributed by atoms with Crippen LogP contribution in [0.1, 0.15) is 6.92 Å². The Morgan fingerprint density at radius 3 is 2.71 bits per heavy atom. The third-order valence-corrected chi connectivity index (χ3v) is 4.06. The van der Waals surface area contributed by atoms with E-state index >= 15 is 0 Å². The molecule has 3 heterocycles. The molecule has 28 heavy (non-hydrogen) atoms. The predicted molar refractivity (Wildman–Crippen MR) is 107 cm³/mol. The minimum Gasteiger partial charge on any atom is -0.397 e. The van der Waals surface area contributed by atoms with E-state index in [2.05, 4.69) is 35.6 Å². The number of nitrogens with two attached hydrogens (primary N) is 1. The number of nitrogens with one attached hydrogen (secondary N) is 3. The van der Waals surface area contributed by atoms with Crippen molar-refractivity contribution in [3.05, 3.63) is 49.1 Å². The SMILES string of the molecule is CCNC(=O)Nc1nc2c(-c3ncccn3)cc(-c3cncc(N)c3)cc2[nH]1. The first kappa shape index (κ1) is 17.4. The molecule has 1 aromatic carbocycles. The summed E-state index contributed by atoms with van der Waals surface area (Å²) in [6, 6.07) is 7.12. The van der Waals surface area contributed by atoms with E-state index in [0.29, 0.717) is 29.5 Å². The number of urea groups is 1. The summed E-state index contributed by atoms with van der Waals surface area (Å²) in [5, 5.41) is 5.36. The highest BCUT2D eigenvalue weighted by atomic mass is 16.2. The quantitative estimate of drug-likeness (QED) is 0.434. The topological polar surface area (TPSA) is 134 Å². The molecule has 4 aromatic rings. The molecule has 0 atom stereocenters. The average Bonchev–Trinajstić information content (AvgIpc) is 3.10. The molecular weight excluding hydrogens is 356 g/mol. The second kappa shape index (κ2) is 7.31. The molecule has 2 amide bonds. The zero-order valence-electron chi connectivity index (χ0n) is 15.1. The first-order valence-corrected chi connectivity index (χ1v) is 8.71. The van der Waals surface area contributed by atoms with Crippen LogP contribution in [0.15, 0.2) is 49.1 Å². The van der Waals surface area contributed by atoms with Gasteiger partial charge in [0, 0.05) is 42.5 Å². The van der Waals surface area contributed by atoms with Gasteiger partial charge < -0.3 is 16.0 Å². The number of aromatic nitrogens is 5. The molecule has 0 aliphatic carbocycles. The normalized spacial score (nSPS) is 10.8. The Balaban J connectivity index is 1.87. The number of aromatic amines is 1. The van der Waals surface area contributed by atoms with Gasteiger partial charge in [0.15, 0.2) is 5.82 Å². The van der Waals surface area contributed by atoms with Crippen molar-refractivity contribution in [3.8, 4) is 22.5 Å². The van der Waals surface area contributed by atoms with E-state index < -0.39 is 0 Å². The van der Waals surface area contributed by atoms with Gasteiger partial charge in [0.1, 0.15) is 5.52 Å². The monoisotopic (exact) mass is 374 g/mol. The number of amides is 2. The van der Waals surface area contributed by atoms with Gasteiger partial charge in [-0.15, -0.1) is 0 Å². The second-order valence-electron chi connectivity index (χ2n) is 6.07. The molecule has 9 heteroatoms. The average molecular weight is 374 g/mol. The number of anilines is 2. The van der Waals surface area contributed by atoms with Gasteiger partial charge in [-0.2, -0.15) is 0 Å². The number of imidazole rings is 1. The summed E-state index contributed by atoms with van der Waals surface area (Å²) >= 11 is 0. The highest BCUT2D eigenvalue weighted by molar-refractivity contribution is 5.97. The number of carbonyl (C=O) groups is 1. The lowest BCUT2D eigenvalue weighted by atomic mass is 10.0. The van der Waals surface area contributed by atoms with Crippen molar-refractivity contribution in [3.63, 3.8) is 0 Å². The third-order valence-electron chi connectivity index (χ3n) is 4.06. The number of fused-ring (bicyclic) bond motifs is 1. The lowest BCUT2D eigenvalue weighted by molar-refractivity contribution is 0.252. The van der Waals surface area contributed by atoms with Gasteiger partial charge in [0.25, 0.3) is 0 Å². The van der Waals surface area contributed by atoms with Gasteiger partial charge in [0.2, 0.25) is 5.95 Å². The molecular formula is C19H18N8O. The van der Waals surface area contributed by atoms with Crippen LogP contribution in [0, 0.1) is 0 Å². The Kier molecular flexibility index (Phi) is 4.55. The molecule has 5 N–H and O–H groups in total. The molecule has 0 fully saturated rings. The van der Waals surface area contributed by atoms with Crippen molar-refractivity contribution in [1.82, 2.24) is 30.2 Å². The van der Waals surface area contributed by atoms with Crippen molar-refractivity contribution in [2.75, 3.05) is 17.6 Å². The third kappa shape index (κ3) is 3.45. The number of nitrogens with zero attached hydrogens (tertiary/aromatic N) is 4. The number of benzene rings is 1. The maximum Gasteiger partial charge on any atom is 0.321 e. The van der Waals surface area contributed by atoms with E-state index in [-0.39, 0.29) is 6.03 Å². The van der Waals surface area contributed by atoms with Gasteiger partial charge in [-0.1, -0.05) is 0 Å². The van der Waals surface area contributed by atoms with Crippen molar-refractivity contribution in [2.45, 2.75) is 6.92 Å². The zero-order valence-corrected chi connectivity index (χ0v) is 15.1. The Morgan fingerprint density at radius 2 is 1.96 bits per heavy atom. The summed E-state index contributed by atoms with van der Waals surface area (Å²) < 4.78 is 0. The fraction of sp³-hybridized carbons (Fsp3) is 0.105. The van der Waals surface area contributed by atoms with Crippen LogP contribution in [0.2, 0.25) is 0 Å². The molecule has 0 saturated carbocycles. The number of hydrogen-bond acceptors (Lipinski definition) is 6.